The fraction of sp³-hybridized carbons (Fsp3) is 0.444. The number of halogens is 1. The van der Waals surface area contributed by atoms with E-state index < -0.39 is 0 Å². The molecule has 0 aromatic carbocycles. The summed E-state index contributed by atoms with van der Waals surface area (Å²) >= 11 is 7.34. The van der Waals surface area contributed by atoms with Crippen molar-refractivity contribution in [2.75, 3.05) is 24.9 Å². The van der Waals surface area contributed by atoms with Crippen molar-refractivity contribution in [2.45, 2.75) is 6.92 Å². The van der Waals surface area contributed by atoms with Crippen LogP contribution in [0.15, 0.2) is 6.58 Å². The first-order valence-corrected chi connectivity index (χ1v) is 5.30. The molecule has 0 aliphatic carbocycles. The predicted octanol–water partition coefficient (Wildman–Crippen LogP) is 2.77. The van der Waals surface area contributed by atoms with Crippen LogP contribution >= 0.6 is 22.9 Å². The number of hydrogen-bond donors (Lipinski definition) is 0. The molecule has 1 aromatic rings. The Morgan fingerprint density at radius 2 is 2.23 bits per heavy atom. The van der Waals surface area contributed by atoms with Gasteiger partial charge in [-0.1, -0.05) is 17.9 Å². The Morgan fingerprint density at radius 3 is 2.62 bits per heavy atom. The number of aromatic nitrogens is 1. The van der Waals surface area contributed by atoms with Crippen LogP contribution in [0.4, 0.5) is 5.13 Å². The van der Waals surface area contributed by atoms with Crippen molar-refractivity contribution in [1.29, 1.82) is 0 Å². The van der Waals surface area contributed by atoms with Gasteiger partial charge < -0.3 is 4.90 Å². The maximum absolute atomic E-state index is 5.71. The fourth-order valence-electron chi connectivity index (χ4n) is 0.962. The molecule has 0 atom stereocenters. The first-order chi connectivity index (χ1) is 6.06. The summed E-state index contributed by atoms with van der Waals surface area (Å²) in [7, 11) is 3.96. The van der Waals surface area contributed by atoms with E-state index in [1.807, 2.05) is 25.9 Å². The quantitative estimate of drug-likeness (QED) is 0.723. The Labute approximate surface area is 87.9 Å². The van der Waals surface area contributed by atoms with Gasteiger partial charge in [-0.3, -0.25) is 0 Å². The van der Waals surface area contributed by atoms with Gasteiger partial charge in [0.1, 0.15) is 0 Å². The van der Waals surface area contributed by atoms with Gasteiger partial charge >= 0.3 is 0 Å². The second-order valence-electron chi connectivity index (χ2n) is 3.04. The van der Waals surface area contributed by atoms with Gasteiger partial charge in [0.25, 0.3) is 0 Å². The molecule has 4 heteroatoms. The number of allylic oxidation sites excluding steroid dienone is 1. The van der Waals surface area contributed by atoms with E-state index in [9.17, 15) is 0 Å². The largest absolute Gasteiger partial charge is 0.354 e. The Balaban J connectivity index is 3.03. The van der Waals surface area contributed by atoms with Crippen molar-refractivity contribution < 1.29 is 0 Å². The minimum Gasteiger partial charge on any atom is -0.354 e. The van der Waals surface area contributed by atoms with Crippen molar-refractivity contribution in [2.24, 2.45) is 0 Å². The molecule has 0 unspecified atom stereocenters. The van der Waals surface area contributed by atoms with E-state index in [0.717, 1.165) is 21.3 Å². The Hall–Kier alpha value is -0.540. The van der Waals surface area contributed by atoms with E-state index in [4.69, 9.17) is 11.6 Å². The average Bonchev–Trinajstić information content (AvgIpc) is 2.46. The number of hydrogen-bond acceptors (Lipinski definition) is 3. The third kappa shape index (κ3) is 2.23. The molecule has 0 bridgehead atoms. The van der Waals surface area contributed by atoms with Crippen LogP contribution in [0.1, 0.15) is 10.6 Å². The topological polar surface area (TPSA) is 16.1 Å². The number of nitrogens with zero attached hydrogens (tertiary/aromatic N) is 2. The highest BCUT2D eigenvalue weighted by molar-refractivity contribution is 7.16. The standard InChI is InChI=1S/C9H13ClN2S/c1-6(5-10)8-7(2)11-9(13-8)12(3)4/h1,5H2,2-4H3. The zero-order chi connectivity index (χ0) is 10.0. The molecule has 0 N–H and O–H groups in total. The lowest BCUT2D eigenvalue weighted by Crippen LogP contribution is -2.07. The molecule has 0 saturated heterocycles. The van der Waals surface area contributed by atoms with Gasteiger partial charge in [0.2, 0.25) is 0 Å². The summed E-state index contributed by atoms with van der Waals surface area (Å²) in [6.45, 7) is 5.88. The summed E-state index contributed by atoms with van der Waals surface area (Å²) in [5.74, 6) is 0.468. The number of anilines is 1. The Morgan fingerprint density at radius 1 is 1.62 bits per heavy atom. The molecule has 1 rings (SSSR count). The van der Waals surface area contributed by atoms with Crippen LogP contribution in [-0.2, 0) is 0 Å². The molecule has 72 valence electrons. The molecular formula is C9H13ClN2S. The zero-order valence-electron chi connectivity index (χ0n) is 8.09. The van der Waals surface area contributed by atoms with E-state index in [1.165, 1.54) is 0 Å². The van der Waals surface area contributed by atoms with Crippen molar-refractivity contribution in [3.05, 3.63) is 17.2 Å². The molecule has 0 radical (unpaired) electrons. The molecular weight excluding hydrogens is 204 g/mol. The summed E-state index contributed by atoms with van der Waals surface area (Å²) < 4.78 is 0. The normalized spacial score (nSPS) is 10.2. The van der Waals surface area contributed by atoms with Crippen LogP contribution < -0.4 is 4.90 Å². The van der Waals surface area contributed by atoms with Gasteiger partial charge in [-0.15, -0.1) is 11.6 Å². The third-order valence-electron chi connectivity index (χ3n) is 1.65. The summed E-state index contributed by atoms with van der Waals surface area (Å²) in [5, 5.41) is 0.999. The van der Waals surface area contributed by atoms with Gasteiger partial charge in [0, 0.05) is 20.0 Å². The zero-order valence-corrected chi connectivity index (χ0v) is 9.67. The molecule has 0 fully saturated rings. The smallest absolute Gasteiger partial charge is 0.185 e. The SMILES string of the molecule is C=C(CCl)c1sc(N(C)C)nc1C. The van der Waals surface area contributed by atoms with Crippen molar-refractivity contribution >= 4 is 33.6 Å². The lowest BCUT2D eigenvalue weighted by Gasteiger charge is -2.05. The maximum Gasteiger partial charge on any atom is 0.185 e. The Bertz CT molecular complexity index is 317. The monoisotopic (exact) mass is 216 g/mol. The fourth-order valence-corrected chi connectivity index (χ4v) is 2.13. The van der Waals surface area contributed by atoms with Crippen LogP contribution in [0.3, 0.4) is 0 Å². The molecule has 0 aliphatic rings. The second kappa shape index (κ2) is 4.11. The van der Waals surface area contributed by atoms with Crippen molar-refractivity contribution in [1.82, 2.24) is 4.98 Å². The molecule has 1 aromatic heterocycles. The molecule has 0 aliphatic heterocycles. The van der Waals surface area contributed by atoms with Gasteiger partial charge in [0.15, 0.2) is 5.13 Å². The van der Waals surface area contributed by atoms with Crippen LogP contribution in [0, 0.1) is 6.92 Å². The second-order valence-corrected chi connectivity index (χ2v) is 4.29. The van der Waals surface area contributed by atoms with Crippen LogP contribution in [0.25, 0.3) is 5.57 Å². The lowest BCUT2D eigenvalue weighted by molar-refractivity contribution is 1.08. The maximum atomic E-state index is 5.71. The molecule has 2 nitrogen and oxygen atoms in total. The molecule has 0 amide bonds. The minimum atomic E-state index is 0.468. The van der Waals surface area contributed by atoms with E-state index >= 15 is 0 Å². The minimum absolute atomic E-state index is 0.468. The first-order valence-electron chi connectivity index (χ1n) is 3.95. The molecule has 0 saturated carbocycles. The van der Waals surface area contributed by atoms with Crippen LogP contribution in [0.5, 0.6) is 0 Å². The third-order valence-corrected chi connectivity index (χ3v) is 3.40. The molecule has 1 heterocycles. The van der Waals surface area contributed by atoms with Crippen LogP contribution in [-0.4, -0.2) is 25.0 Å². The number of thiazole rings is 1. The summed E-state index contributed by atoms with van der Waals surface area (Å²) in [4.78, 5) is 7.50. The van der Waals surface area contributed by atoms with E-state index in [1.54, 1.807) is 11.3 Å². The first kappa shape index (κ1) is 10.5. The lowest BCUT2D eigenvalue weighted by atomic mass is 10.2. The summed E-state index contributed by atoms with van der Waals surface area (Å²) in [5.41, 5.74) is 1.96. The molecule has 13 heavy (non-hydrogen) atoms. The van der Waals surface area contributed by atoms with E-state index in [-0.39, 0.29) is 0 Å². The number of aryl methyl sites for hydroxylation is 1. The predicted molar refractivity (Wildman–Crippen MR) is 60.9 cm³/mol. The van der Waals surface area contributed by atoms with Crippen LogP contribution in [0.2, 0.25) is 0 Å². The summed E-state index contributed by atoms with van der Waals surface area (Å²) in [6, 6.07) is 0. The van der Waals surface area contributed by atoms with Gasteiger partial charge in [-0.25, -0.2) is 4.98 Å². The average molecular weight is 217 g/mol. The van der Waals surface area contributed by atoms with E-state index in [2.05, 4.69) is 11.6 Å². The van der Waals surface area contributed by atoms with Crippen molar-refractivity contribution in [3.63, 3.8) is 0 Å². The van der Waals surface area contributed by atoms with Gasteiger partial charge in [-0.2, -0.15) is 0 Å². The van der Waals surface area contributed by atoms with Crippen molar-refractivity contribution in [3.8, 4) is 0 Å². The van der Waals surface area contributed by atoms with Gasteiger partial charge in [0.05, 0.1) is 10.6 Å². The highest BCUT2D eigenvalue weighted by atomic mass is 35.5. The molecule has 0 spiro atoms. The Kier molecular flexibility index (Phi) is 3.33. The number of alkyl halides is 1. The highest BCUT2D eigenvalue weighted by Gasteiger charge is 2.10. The highest BCUT2D eigenvalue weighted by Crippen LogP contribution is 2.29. The van der Waals surface area contributed by atoms with Gasteiger partial charge in [-0.05, 0) is 12.5 Å². The number of rotatable bonds is 3. The van der Waals surface area contributed by atoms with E-state index in [0.29, 0.717) is 5.88 Å². The summed E-state index contributed by atoms with van der Waals surface area (Å²) in [6.07, 6.45) is 0.